The lowest BCUT2D eigenvalue weighted by Crippen LogP contribution is -2.48. The van der Waals surface area contributed by atoms with Crippen LogP contribution in [0.4, 0.5) is 13.2 Å². The van der Waals surface area contributed by atoms with E-state index in [0.29, 0.717) is 31.5 Å². The molecule has 1 aliphatic heterocycles. The lowest BCUT2D eigenvalue weighted by molar-refractivity contribution is -0.142. The van der Waals surface area contributed by atoms with E-state index >= 15 is 0 Å². The van der Waals surface area contributed by atoms with Gasteiger partial charge in [-0.2, -0.15) is 18.3 Å². The number of hydrogen-bond acceptors (Lipinski definition) is 5. The second-order valence-electron chi connectivity index (χ2n) is 6.29. The molecule has 1 aromatic heterocycles. The Kier molecular flexibility index (Phi) is 7.21. The summed E-state index contributed by atoms with van der Waals surface area (Å²) in [5.41, 5.74) is 0. The number of aromatic nitrogens is 3. The van der Waals surface area contributed by atoms with E-state index in [1.165, 1.54) is 11.9 Å². The number of rotatable bonds is 7. The maximum Gasteiger partial charge on any atom is 0.401 e. The lowest BCUT2D eigenvalue weighted by Gasteiger charge is -2.26. The van der Waals surface area contributed by atoms with Crippen LogP contribution < -0.4 is 10.6 Å². The molecule has 8 nitrogen and oxygen atoms in total. The zero-order valence-electron chi connectivity index (χ0n) is 15.3. The largest absolute Gasteiger partial charge is 0.401 e. The van der Waals surface area contributed by atoms with E-state index < -0.39 is 12.7 Å². The first-order chi connectivity index (χ1) is 12.3. The van der Waals surface area contributed by atoms with Crippen LogP contribution in [-0.4, -0.2) is 78.7 Å². The van der Waals surface area contributed by atoms with Crippen LogP contribution in [-0.2, 0) is 24.3 Å². The number of likely N-dealkylation sites (N-methyl/N-ethyl adjacent to an activating group) is 1. The van der Waals surface area contributed by atoms with E-state index in [-0.39, 0.29) is 12.6 Å². The van der Waals surface area contributed by atoms with Crippen LogP contribution in [0, 0.1) is 0 Å². The van der Waals surface area contributed by atoms with Gasteiger partial charge in [0.15, 0.2) is 11.8 Å². The smallest absolute Gasteiger partial charge is 0.377 e. The summed E-state index contributed by atoms with van der Waals surface area (Å²) in [6.45, 7) is 0.736. The van der Waals surface area contributed by atoms with Gasteiger partial charge in [0, 0.05) is 39.7 Å². The summed E-state index contributed by atoms with van der Waals surface area (Å²) in [5.74, 6) is 2.17. The van der Waals surface area contributed by atoms with Gasteiger partial charge in [-0.25, -0.2) is 9.67 Å². The van der Waals surface area contributed by atoms with Gasteiger partial charge in [-0.1, -0.05) is 0 Å². The molecular weight excluding hydrogens is 351 g/mol. The molecule has 11 heteroatoms. The molecule has 1 atom stereocenters. The summed E-state index contributed by atoms with van der Waals surface area (Å²) in [6.07, 6.45) is -2.52. The molecule has 2 rings (SSSR count). The van der Waals surface area contributed by atoms with Gasteiger partial charge in [0.2, 0.25) is 0 Å². The number of hydrogen-bond donors (Lipinski definition) is 2. The van der Waals surface area contributed by atoms with Crippen molar-refractivity contribution in [2.45, 2.75) is 38.2 Å². The van der Waals surface area contributed by atoms with E-state index in [1.54, 1.807) is 14.2 Å². The Morgan fingerprint density at radius 3 is 2.88 bits per heavy atom. The first-order valence-electron chi connectivity index (χ1n) is 8.44. The van der Waals surface area contributed by atoms with Crippen LogP contribution in [0.15, 0.2) is 4.99 Å². The summed E-state index contributed by atoms with van der Waals surface area (Å²) >= 11 is 0. The van der Waals surface area contributed by atoms with Crippen LogP contribution >= 0.6 is 0 Å². The standard InChI is InChI=1S/C15H26F3N7O/c1-19-14(20-6-7-24(2)10-15(16,17)18)21-11-4-5-13-22-12(9-26-3)23-25(13)8-11/h11H,4-10H2,1-3H3,(H2,19,20,21). The maximum absolute atomic E-state index is 12.3. The van der Waals surface area contributed by atoms with Crippen LogP contribution in [0.3, 0.4) is 0 Å². The second kappa shape index (κ2) is 9.17. The number of aryl methyl sites for hydroxylation is 1. The van der Waals surface area contributed by atoms with Gasteiger partial charge in [0.25, 0.3) is 0 Å². The SMILES string of the molecule is CN=C(NCCN(C)CC(F)(F)F)NC1CCc2nc(COC)nn2C1. The van der Waals surface area contributed by atoms with Gasteiger partial charge in [-0.15, -0.1) is 0 Å². The van der Waals surface area contributed by atoms with Gasteiger partial charge in [0.05, 0.1) is 13.1 Å². The third-order valence-electron chi connectivity index (χ3n) is 3.97. The summed E-state index contributed by atoms with van der Waals surface area (Å²) < 4.78 is 43.9. The fourth-order valence-corrected chi connectivity index (χ4v) is 2.81. The molecule has 0 bridgehead atoms. The third-order valence-corrected chi connectivity index (χ3v) is 3.97. The monoisotopic (exact) mass is 377 g/mol. The van der Waals surface area contributed by atoms with Gasteiger partial charge >= 0.3 is 6.18 Å². The normalized spacial score (nSPS) is 18.1. The predicted molar refractivity (Wildman–Crippen MR) is 90.9 cm³/mol. The molecule has 26 heavy (non-hydrogen) atoms. The zero-order chi connectivity index (χ0) is 19.2. The number of guanidine groups is 1. The molecule has 0 amide bonds. The number of halogens is 3. The van der Waals surface area contributed by atoms with Crippen LogP contribution in [0.1, 0.15) is 18.1 Å². The molecule has 1 aliphatic rings. The van der Waals surface area contributed by atoms with Crippen molar-refractivity contribution in [3.8, 4) is 0 Å². The molecule has 0 saturated carbocycles. The summed E-state index contributed by atoms with van der Waals surface area (Å²) in [7, 11) is 4.68. The minimum Gasteiger partial charge on any atom is -0.377 e. The van der Waals surface area contributed by atoms with Crippen molar-refractivity contribution < 1.29 is 17.9 Å². The Morgan fingerprint density at radius 2 is 2.23 bits per heavy atom. The number of ether oxygens (including phenoxy) is 1. The van der Waals surface area contributed by atoms with Crippen molar-refractivity contribution in [3.05, 3.63) is 11.6 Å². The van der Waals surface area contributed by atoms with Gasteiger partial charge in [0.1, 0.15) is 12.4 Å². The van der Waals surface area contributed by atoms with Crippen LogP contribution in [0.2, 0.25) is 0 Å². The molecule has 2 N–H and O–H groups in total. The summed E-state index contributed by atoms with van der Waals surface area (Å²) in [6, 6.07) is 0.124. The van der Waals surface area contributed by atoms with E-state index in [2.05, 4.69) is 25.7 Å². The minimum absolute atomic E-state index is 0.124. The highest BCUT2D eigenvalue weighted by atomic mass is 19.4. The van der Waals surface area contributed by atoms with Crippen molar-refractivity contribution >= 4 is 5.96 Å². The molecule has 0 aromatic carbocycles. The predicted octanol–water partition coefficient (Wildman–Crippen LogP) is 0.398. The van der Waals surface area contributed by atoms with E-state index in [9.17, 15) is 13.2 Å². The molecule has 1 aromatic rings. The number of methoxy groups -OCH3 is 1. The molecular formula is C15H26F3N7O. The molecule has 2 heterocycles. The zero-order valence-corrected chi connectivity index (χ0v) is 15.3. The van der Waals surface area contributed by atoms with Gasteiger partial charge < -0.3 is 15.4 Å². The van der Waals surface area contributed by atoms with Crippen molar-refractivity contribution in [2.75, 3.05) is 40.8 Å². The number of nitrogens with zero attached hydrogens (tertiary/aromatic N) is 5. The molecule has 0 spiro atoms. The topological polar surface area (TPSA) is 79.6 Å². The maximum atomic E-state index is 12.3. The van der Waals surface area contributed by atoms with Crippen LogP contribution in [0.5, 0.6) is 0 Å². The number of nitrogens with one attached hydrogen (secondary N) is 2. The highest BCUT2D eigenvalue weighted by Gasteiger charge is 2.29. The highest BCUT2D eigenvalue weighted by molar-refractivity contribution is 5.79. The summed E-state index contributed by atoms with van der Waals surface area (Å²) in [4.78, 5) is 9.78. The molecule has 0 fully saturated rings. The van der Waals surface area contributed by atoms with Crippen molar-refractivity contribution in [3.63, 3.8) is 0 Å². The highest BCUT2D eigenvalue weighted by Crippen LogP contribution is 2.15. The molecule has 0 saturated heterocycles. The first-order valence-corrected chi connectivity index (χ1v) is 8.44. The molecule has 0 radical (unpaired) electrons. The van der Waals surface area contributed by atoms with Crippen molar-refractivity contribution in [1.29, 1.82) is 0 Å². The minimum atomic E-state index is -4.19. The fourth-order valence-electron chi connectivity index (χ4n) is 2.81. The Hall–Kier alpha value is -1.88. The summed E-state index contributed by atoms with van der Waals surface area (Å²) in [5, 5.41) is 10.7. The number of aliphatic imine (C=N–C) groups is 1. The van der Waals surface area contributed by atoms with Gasteiger partial charge in [-0.3, -0.25) is 9.89 Å². The first kappa shape index (κ1) is 20.4. The Labute approximate surface area is 150 Å². The lowest BCUT2D eigenvalue weighted by atomic mass is 10.1. The van der Waals surface area contributed by atoms with E-state index in [4.69, 9.17) is 4.74 Å². The Bertz CT molecular complexity index is 603. The van der Waals surface area contributed by atoms with E-state index in [1.807, 2.05) is 4.68 Å². The third kappa shape index (κ3) is 6.45. The van der Waals surface area contributed by atoms with Crippen molar-refractivity contribution in [1.82, 2.24) is 30.3 Å². The second-order valence-corrected chi connectivity index (χ2v) is 6.29. The Balaban J connectivity index is 1.77. The average Bonchev–Trinajstić information content (AvgIpc) is 2.94. The fraction of sp³-hybridized carbons (Fsp3) is 0.800. The van der Waals surface area contributed by atoms with Crippen molar-refractivity contribution in [2.24, 2.45) is 4.99 Å². The number of alkyl halides is 3. The molecule has 1 unspecified atom stereocenters. The van der Waals surface area contributed by atoms with Gasteiger partial charge in [-0.05, 0) is 13.5 Å². The van der Waals surface area contributed by atoms with Crippen LogP contribution in [0.25, 0.3) is 0 Å². The average molecular weight is 377 g/mol. The van der Waals surface area contributed by atoms with E-state index in [0.717, 1.165) is 18.7 Å². The molecule has 0 aliphatic carbocycles. The molecule has 148 valence electrons. The Morgan fingerprint density at radius 1 is 1.46 bits per heavy atom. The number of fused-ring (bicyclic) bond motifs is 1. The quantitative estimate of drug-likeness (QED) is 0.529.